The van der Waals surface area contributed by atoms with Crippen LogP contribution in [0, 0.1) is 11.3 Å². The molecule has 0 fully saturated rings. The maximum Gasteiger partial charge on any atom is 0.307 e. The van der Waals surface area contributed by atoms with Gasteiger partial charge >= 0.3 is 5.97 Å². The first-order valence-corrected chi connectivity index (χ1v) is 6.65. The maximum absolute atomic E-state index is 11.4. The summed E-state index contributed by atoms with van der Waals surface area (Å²) < 4.78 is 4.92. The van der Waals surface area contributed by atoms with E-state index in [1.54, 1.807) is 13.1 Å². The Kier molecular flexibility index (Phi) is 6.69. The number of esters is 1. The molecule has 19 heavy (non-hydrogen) atoms. The van der Waals surface area contributed by atoms with Gasteiger partial charge in [0.2, 0.25) is 0 Å². The van der Waals surface area contributed by atoms with Gasteiger partial charge in [0.05, 0.1) is 19.1 Å². The van der Waals surface area contributed by atoms with Crippen molar-refractivity contribution in [1.29, 1.82) is 5.26 Å². The molecule has 1 atom stereocenters. The molecule has 1 aromatic heterocycles. The van der Waals surface area contributed by atoms with Crippen LogP contribution in [-0.2, 0) is 9.53 Å². The Morgan fingerprint density at radius 3 is 2.84 bits per heavy atom. The lowest BCUT2D eigenvalue weighted by molar-refractivity contribution is -0.143. The zero-order valence-electron chi connectivity index (χ0n) is 11.6. The molecule has 104 valence electrons. The lowest BCUT2D eigenvalue weighted by Gasteiger charge is -2.25. The summed E-state index contributed by atoms with van der Waals surface area (Å²) in [7, 11) is 0. The highest BCUT2D eigenvalue weighted by molar-refractivity contribution is 5.69. The van der Waals surface area contributed by atoms with Gasteiger partial charge in [-0.2, -0.15) is 5.26 Å². The quantitative estimate of drug-likeness (QED) is 0.730. The van der Waals surface area contributed by atoms with Crippen LogP contribution in [0.5, 0.6) is 0 Å². The average Bonchev–Trinajstić information content (AvgIpc) is 2.91. The van der Waals surface area contributed by atoms with Crippen molar-refractivity contribution in [2.75, 3.05) is 19.7 Å². The second kappa shape index (κ2) is 8.33. The van der Waals surface area contributed by atoms with Crippen LogP contribution in [0.3, 0.4) is 0 Å². The van der Waals surface area contributed by atoms with E-state index in [1.165, 1.54) is 0 Å². The lowest BCUT2D eigenvalue weighted by Crippen LogP contribution is -2.31. The summed E-state index contributed by atoms with van der Waals surface area (Å²) >= 11 is 0. The second-order valence-corrected chi connectivity index (χ2v) is 4.25. The number of hydrogen-bond acceptors (Lipinski definition) is 4. The van der Waals surface area contributed by atoms with Gasteiger partial charge in [-0.25, -0.2) is 0 Å². The zero-order chi connectivity index (χ0) is 14.1. The third-order valence-electron chi connectivity index (χ3n) is 2.82. The van der Waals surface area contributed by atoms with Crippen LogP contribution < -0.4 is 0 Å². The Balaban J connectivity index is 2.65. The normalized spacial score (nSPS) is 12.1. The number of aromatic amines is 1. The van der Waals surface area contributed by atoms with Gasteiger partial charge < -0.3 is 9.72 Å². The molecule has 1 aromatic rings. The molecule has 0 saturated heterocycles. The summed E-state index contributed by atoms with van der Waals surface area (Å²) in [6.07, 6.45) is 3.05. The fourth-order valence-electron chi connectivity index (χ4n) is 1.99. The predicted molar refractivity (Wildman–Crippen MR) is 72.3 cm³/mol. The van der Waals surface area contributed by atoms with Crippen molar-refractivity contribution in [1.82, 2.24) is 9.88 Å². The summed E-state index contributed by atoms with van der Waals surface area (Å²) in [5, 5.41) is 9.34. The number of rotatable bonds is 8. The van der Waals surface area contributed by atoms with Crippen LogP contribution in [0.2, 0.25) is 0 Å². The fraction of sp³-hybridized carbons (Fsp3) is 0.571. The summed E-state index contributed by atoms with van der Waals surface area (Å²) in [6, 6.07) is 5.70. The smallest absolute Gasteiger partial charge is 0.307 e. The topological polar surface area (TPSA) is 69.1 Å². The van der Waals surface area contributed by atoms with Crippen molar-refractivity contribution in [3.63, 3.8) is 0 Å². The third kappa shape index (κ3) is 4.76. The van der Waals surface area contributed by atoms with Crippen molar-refractivity contribution in [2.45, 2.75) is 32.7 Å². The molecule has 0 saturated carbocycles. The van der Waals surface area contributed by atoms with Crippen LogP contribution in [-0.4, -0.2) is 35.5 Å². The van der Waals surface area contributed by atoms with Crippen LogP contribution >= 0.6 is 0 Å². The molecule has 1 unspecified atom stereocenters. The number of nitrogens with zero attached hydrogens (tertiary/aromatic N) is 2. The number of nitriles is 1. The van der Waals surface area contributed by atoms with Crippen LogP contribution in [0.4, 0.5) is 0 Å². The van der Waals surface area contributed by atoms with E-state index in [9.17, 15) is 10.1 Å². The maximum atomic E-state index is 11.4. The lowest BCUT2D eigenvalue weighted by atomic mass is 10.1. The highest BCUT2D eigenvalue weighted by atomic mass is 16.5. The van der Waals surface area contributed by atoms with Gasteiger partial charge in [0.1, 0.15) is 6.04 Å². The van der Waals surface area contributed by atoms with E-state index in [0.717, 1.165) is 18.7 Å². The second-order valence-electron chi connectivity index (χ2n) is 4.25. The molecule has 5 heteroatoms. The highest BCUT2D eigenvalue weighted by Gasteiger charge is 2.20. The molecular weight excluding hydrogens is 242 g/mol. The molecule has 1 rings (SSSR count). The summed E-state index contributed by atoms with van der Waals surface area (Å²) in [5.41, 5.74) is 0.861. The van der Waals surface area contributed by atoms with E-state index < -0.39 is 0 Å². The Morgan fingerprint density at radius 2 is 2.32 bits per heavy atom. The molecule has 0 spiro atoms. The van der Waals surface area contributed by atoms with Gasteiger partial charge in [0.25, 0.3) is 0 Å². The SMILES string of the molecule is CCCN(CCC(=O)OCC)C(C#N)c1ccc[nH]1. The van der Waals surface area contributed by atoms with Crippen molar-refractivity contribution in [3.8, 4) is 6.07 Å². The molecule has 0 bridgehead atoms. The monoisotopic (exact) mass is 263 g/mol. The Hall–Kier alpha value is -1.80. The van der Waals surface area contributed by atoms with E-state index >= 15 is 0 Å². The number of H-pyrrole nitrogens is 1. The van der Waals surface area contributed by atoms with Gasteiger partial charge in [-0.3, -0.25) is 9.69 Å². The van der Waals surface area contributed by atoms with E-state index in [1.807, 2.05) is 17.0 Å². The number of carbonyl (C=O) groups is 1. The van der Waals surface area contributed by atoms with Gasteiger partial charge in [-0.1, -0.05) is 6.92 Å². The molecule has 0 aliphatic carbocycles. The first-order chi connectivity index (χ1) is 9.22. The Bertz CT molecular complexity index is 409. The number of nitrogens with one attached hydrogen (secondary N) is 1. The Morgan fingerprint density at radius 1 is 1.53 bits per heavy atom. The van der Waals surface area contributed by atoms with E-state index in [4.69, 9.17) is 4.74 Å². The average molecular weight is 263 g/mol. The minimum Gasteiger partial charge on any atom is -0.466 e. The standard InChI is InChI=1S/C14H21N3O2/c1-3-9-17(10-7-14(18)19-4-2)13(11-15)12-6-5-8-16-12/h5-6,8,13,16H,3-4,7,9-10H2,1-2H3. The third-order valence-corrected chi connectivity index (χ3v) is 2.82. The molecular formula is C14H21N3O2. The van der Waals surface area contributed by atoms with Crippen LogP contribution in [0.15, 0.2) is 18.3 Å². The predicted octanol–water partition coefficient (Wildman–Crippen LogP) is 2.24. The number of aromatic nitrogens is 1. The summed E-state index contributed by atoms with van der Waals surface area (Å²) in [6.45, 7) is 5.55. The van der Waals surface area contributed by atoms with Crippen molar-refractivity contribution >= 4 is 5.97 Å². The number of carbonyl (C=O) groups excluding carboxylic acids is 1. The van der Waals surface area contributed by atoms with E-state index in [2.05, 4.69) is 18.0 Å². The Labute approximate surface area is 114 Å². The van der Waals surface area contributed by atoms with E-state index in [-0.39, 0.29) is 12.0 Å². The van der Waals surface area contributed by atoms with Crippen molar-refractivity contribution in [3.05, 3.63) is 24.0 Å². The molecule has 0 aliphatic heterocycles. The molecule has 0 aromatic carbocycles. The largest absolute Gasteiger partial charge is 0.466 e. The molecule has 1 heterocycles. The van der Waals surface area contributed by atoms with Crippen molar-refractivity contribution < 1.29 is 9.53 Å². The molecule has 5 nitrogen and oxygen atoms in total. The first-order valence-electron chi connectivity index (χ1n) is 6.65. The highest BCUT2D eigenvalue weighted by Crippen LogP contribution is 2.18. The van der Waals surface area contributed by atoms with E-state index in [0.29, 0.717) is 19.6 Å². The van der Waals surface area contributed by atoms with Gasteiger partial charge in [-0.15, -0.1) is 0 Å². The number of hydrogen-bond donors (Lipinski definition) is 1. The zero-order valence-corrected chi connectivity index (χ0v) is 11.6. The van der Waals surface area contributed by atoms with Gasteiger partial charge in [-0.05, 0) is 32.0 Å². The molecule has 1 N–H and O–H groups in total. The van der Waals surface area contributed by atoms with Gasteiger partial charge in [0, 0.05) is 18.4 Å². The summed E-state index contributed by atoms with van der Waals surface area (Å²) in [4.78, 5) is 16.5. The van der Waals surface area contributed by atoms with Crippen LogP contribution in [0.1, 0.15) is 38.4 Å². The summed E-state index contributed by atoms with van der Waals surface area (Å²) in [5.74, 6) is -0.216. The van der Waals surface area contributed by atoms with Crippen molar-refractivity contribution in [2.24, 2.45) is 0 Å². The fourth-order valence-corrected chi connectivity index (χ4v) is 1.99. The minimum absolute atomic E-state index is 0.216. The molecule has 0 radical (unpaired) electrons. The minimum atomic E-state index is -0.343. The van der Waals surface area contributed by atoms with Crippen LogP contribution in [0.25, 0.3) is 0 Å². The van der Waals surface area contributed by atoms with Gasteiger partial charge in [0.15, 0.2) is 0 Å². The number of ether oxygens (including phenoxy) is 1. The first kappa shape index (κ1) is 15.3. The molecule has 0 amide bonds. The molecule has 0 aliphatic rings.